The summed E-state index contributed by atoms with van der Waals surface area (Å²) in [5, 5.41) is 0. The van der Waals surface area contributed by atoms with Gasteiger partial charge in [-0.25, -0.2) is 0 Å². The lowest BCUT2D eigenvalue weighted by molar-refractivity contribution is 0.304. The van der Waals surface area contributed by atoms with Gasteiger partial charge in [0.25, 0.3) is 0 Å². The normalized spacial score (nSPS) is 12.8. The molecule has 1 aliphatic rings. The Morgan fingerprint density at radius 1 is 0.375 bits per heavy atom. The van der Waals surface area contributed by atoms with E-state index in [4.69, 9.17) is 4.74 Å². The fraction of sp³-hybridized carbons (Fsp3) is 0.475. The number of unbranched alkanes of at least 4 members (excludes halogenated alkanes) is 16. The van der Waals surface area contributed by atoms with Crippen LogP contribution in [0.2, 0.25) is 0 Å². The molecule has 0 saturated carbocycles. The lowest BCUT2D eigenvalue weighted by atomic mass is 9.70. The predicted octanol–water partition coefficient (Wildman–Crippen LogP) is 20.3. The van der Waals surface area contributed by atoms with E-state index in [0.29, 0.717) is 0 Å². The van der Waals surface area contributed by atoms with Gasteiger partial charge in [0, 0.05) is 24.9 Å². The van der Waals surface area contributed by atoms with E-state index in [1.54, 1.807) is 11.1 Å². The maximum Gasteiger partial charge on any atom is 0.119 e. The van der Waals surface area contributed by atoms with E-state index >= 15 is 0 Å². The molecular formula is C61H78OS2. The Balaban J connectivity index is 1.12. The molecule has 4 aromatic carbocycles. The minimum Gasteiger partial charge on any atom is -0.494 e. The summed E-state index contributed by atoms with van der Waals surface area (Å²) in [7, 11) is 0. The van der Waals surface area contributed by atoms with Crippen LogP contribution in [0.5, 0.6) is 5.75 Å². The zero-order valence-electron chi connectivity index (χ0n) is 40.1. The summed E-state index contributed by atoms with van der Waals surface area (Å²) < 4.78 is 6.13. The third-order valence-electron chi connectivity index (χ3n) is 14.0. The van der Waals surface area contributed by atoms with E-state index in [9.17, 15) is 0 Å². The van der Waals surface area contributed by atoms with Crippen LogP contribution < -0.4 is 4.74 Å². The maximum atomic E-state index is 6.13. The zero-order chi connectivity index (χ0) is 44.4. The average molecular weight is 891 g/mol. The number of thiophene rings is 2. The number of benzene rings is 4. The number of ether oxygens (including phenoxy) is 1. The molecule has 340 valence electrons. The van der Waals surface area contributed by atoms with Crippen LogP contribution in [0.1, 0.15) is 186 Å². The van der Waals surface area contributed by atoms with Crippen molar-refractivity contribution in [2.75, 3.05) is 6.61 Å². The molecule has 0 radical (unpaired) electrons. The summed E-state index contributed by atoms with van der Waals surface area (Å²) in [5.74, 6) is 0.979. The second-order valence-electron chi connectivity index (χ2n) is 18.9. The molecule has 6 aromatic rings. The quantitative estimate of drug-likeness (QED) is 0.0426. The summed E-state index contributed by atoms with van der Waals surface area (Å²) in [6, 6.07) is 42.7. The summed E-state index contributed by atoms with van der Waals surface area (Å²) >= 11 is 3.88. The van der Waals surface area contributed by atoms with E-state index in [1.807, 2.05) is 22.7 Å². The maximum absolute atomic E-state index is 6.13. The van der Waals surface area contributed by atoms with Gasteiger partial charge >= 0.3 is 0 Å². The molecule has 0 N–H and O–H groups in total. The first-order valence-electron chi connectivity index (χ1n) is 25.9. The Labute approximate surface area is 397 Å². The van der Waals surface area contributed by atoms with Gasteiger partial charge in [-0.1, -0.05) is 192 Å². The number of hydrogen-bond acceptors (Lipinski definition) is 3. The SMILES string of the molecule is CCCCCCCCOc1ccc(-c2ccc(-c3ccc4c(c3)C(CCCCCC)(CCCCCC)c3cc(-c5ccc(-c6ccc(CCCCCCCC)cc6)s5)ccc3-4)s2)cc1. The average Bonchev–Trinajstić information content (AvgIpc) is 4.09. The van der Waals surface area contributed by atoms with Gasteiger partial charge in [-0.3, -0.25) is 0 Å². The van der Waals surface area contributed by atoms with Gasteiger partial charge in [-0.2, -0.15) is 0 Å². The molecule has 0 saturated heterocycles. The molecule has 64 heavy (non-hydrogen) atoms. The second-order valence-corrected chi connectivity index (χ2v) is 21.1. The predicted molar refractivity (Wildman–Crippen MR) is 284 cm³/mol. The first-order valence-corrected chi connectivity index (χ1v) is 27.5. The van der Waals surface area contributed by atoms with Crippen molar-refractivity contribution in [3.05, 3.63) is 126 Å². The van der Waals surface area contributed by atoms with Gasteiger partial charge in [0.1, 0.15) is 5.75 Å². The van der Waals surface area contributed by atoms with E-state index < -0.39 is 0 Å². The first kappa shape index (κ1) is 48.0. The molecule has 1 nitrogen and oxygen atoms in total. The van der Waals surface area contributed by atoms with Gasteiger partial charge in [-0.15, -0.1) is 22.7 Å². The highest BCUT2D eigenvalue weighted by Gasteiger charge is 2.42. The third kappa shape index (κ3) is 12.5. The summed E-state index contributed by atoms with van der Waals surface area (Å²) in [4.78, 5) is 5.41. The van der Waals surface area contributed by atoms with E-state index in [1.165, 1.54) is 200 Å². The van der Waals surface area contributed by atoms with Crippen LogP contribution in [0.4, 0.5) is 0 Å². The van der Waals surface area contributed by atoms with Gasteiger partial charge in [-0.05, 0) is 143 Å². The molecule has 1 aliphatic carbocycles. The number of aryl methyl sites for hydroxylation is 1. The van der Waals surface area contributed by atoms with Crippen molar-refractivity contribution in [1.82, 2.24) is 0 Å². The molecule has 0 atom stereocenters. The van der Waals surface area contributed by atoms with Gasteiger partial charge in [0.2, 0.25) is 0 Å². The summed E-state index contributed by atoms with van der Waals surface area (Å²) in [6.45, 7) is 10.1. The minimum atomic E-state index is 0.0233. The Bertz CT molecular complexity index is 2260. The van der Waals surface area contributed by atoms with Crippen molar-refractivity contribution in [1.29, 1.82) is 0 Å². The zero-order valence-corrected chi connectivity index (χ0v) is 41.7. The third-order valence-corrected chi connectivity index (χ3v) is 16.4. The number of rotatable bonds is 29. The highest BCUT2D eigenvalue weighted by atomic mass is 32.1. The number of fused-ring (bicyclic) bond motifs is 3. The molecule has 7 rings (SSSR count). The van der Waals surface area contributed by atoms with Crippen LogP contribution in [0.3, 0.4) is 0 Å². The standard InChI is InChI=1S/C61H78OS2/c1-5-9-13-17-19-21-25-47-26-28-48(29-27-47)57-38-40-59(63-57)50-32-36-53-54-37-33-51(46-56(54)61(55(53)45-50,42-22-15-11-7-3)43-23-16-12-8-4)60-41-39-58(64-60)49-30-34-52(35-31-49)62-44-24-20-18-14-10-6-2/h26-41,45-46H,5-25,42-44H2,1-4H3. The van der Waals surface area contributed by atoms with Gasteiger partial charge in [0.15, 0.2) is 0 Å². The molecule has 0 unspecified atom stereocenters. The van der Waals surface area contributed by atoms with Crippen LogP contribution in [0.15, 0.2) is 109 Å². The number of hydrogen-bond donors (Lipinski definition) is 0. The summed E-state index contributed by atoms with van der Waals surface area (Å²) in [5.41, 5.74) is 12.9. The Morgan fingerprint density at radius 2 is 0.766 bits per heavy atom. The van der Waals surface area contributed by atoms with Crippen LogP contribution in [0, 0.1) is 0 Å². The van der Waals surface area contributed by atoms with Crippen LogP contribution in [-0.4, -0.2) is 6.61 Å². The van der Waals surface area contributed by atoms with Crippen LogP contribution in [-0.2, 0) is 11.8 Å². The van der Waals surface area contributed by atoms with E-state index in [-0.39, 0.29) is 5.41 Å². The van der Waals surface area contributed by atoms with Crippen LogP contribution in [0.25, 0.3) is 52.9 Å². The van der Waals surface area contributed by atoms with Crippen molar-refractivity contribution >= 4 is 22.7 Å². The molecular weight excluding hydrogens is 813 g/mol. The van der Waals surface area contributed by atoms with Crippen molar-refractivity contribution in [2.24, 2.45) is 0 Å². The smallest absolute Gasteiger partial charge is 0.119 e. The van der Waals surface area contributed by atoms with Gasteiger partial charge in [0.05, 0.1) is 6.61 Å². The molecule has 3 heteroatoms. The van der Waals surface area contributed by atoms with Crippen molar-refractivity contribution in [3.63, 3.8) is 0 Å². The molecule has 0 fully saturated rings. The molecule has 0 aliphatic heterocycles. The first-order chi connectivity index (χ1) is 31.6. The molecule has 0 amide bonds. The summed E-state index contributed by atoms with van der Waals surface area (Å²) in [6.07, 6.45) is 29.8. The molecule has 0 spiro atoms. The fourth-order valence-electron chi connectivity index (χ4n) is 10.2. The fourth-order valence-corrected chi connectivity index (χ4v) is 12.2. The second kappa shape index (κ2) is 25.1. The Hall–Kier alpha value is -3.92. The largest absolute Gasteiger partial charge is 0.494 e. The lowest BCUT2D eigenvalue weighted by Gasteiger charge is -2.33. The van der Waals surface area contributed by atoms with Crippen molar-refractivity contribution in [2.45, 2.75) is 181 Å². The molecule has 2 heterocycles. The minimum absolute atomic E-state index is 0.0233. The topological polar surface area (TPSA) is 9.23 Å². The Morgan fingerprint density at radius 3 is 1.25 bits per heavy atom. The van der Waals surface area contributed by atoms with Gasteiger partial charge < -0.3 is 4.74 Å². The van der Waals surface area contributed by atoms with Crippen molar-refractivity contribution < 1.29 is 4.74 Å². The molecule has 2 aromatic heterocycles. The van der Waals surface area contributed by atoms with E-state index in [2.05, 4.69) is 137 Å². The van der Waals surface area contributed by atoms with E-state index in [0.717, 1.165) is 18.8 Å². The highest BCUT2D eigenvalue weighted by molar-refractivity contribution is 7.19. The van der Waals surface area contributed by atoms with Crippen molar-refractivity contribution in [3.8, 4) is 58.6 Å². The monoisotopic (exact) mass is 891 g/mol. The lowest BCUT2D eigenvalue weighted by Crippen LogP contribution is -2.25. The highest BCUT2D eigenvalue weighted by Crippen LogP contribution is 2.56. The molecule has 0 bridgehead atoms. The Kier molecular flexibility index (Phi) is 18.8. The van der Waals surface area contributed by atoms with Crippen LogP contribution >= 0.6 is 22.7 Å².